The predicted molar refractivity (Wildman–Crippen MR) is 143 cm³/mol. The summed E-state index contributed by atoms with van der Waals surface area (Å²) in [6.07, 6.45) is 0.712. The second kappa shape index (κ2) is 10.8. The largest absolute Gasteiger partial charge is 0.497 e. The number of hydrogen-bond acceptors (Lipinski definition) is 4. The van der Waals surface area contributed by atoms with Crippen LogP contribution in [0.2, 0.25) is 5.02 Å². The van der Waals surface area contributed by atoms with Crippen LogP contribution < -0.4 is 14.5 Å². The molecule has 2 aliphatic rings. The number of benzene rings is 3. The maximum atomic E-state index is 13.9. The van der Waals surface area contributed by atoms with Crippen molar-refractivity contribution in [1.82, 2.24) is 4.90 Å². The van der Waals surface area contributed by atoms with Gasteiger partial charge in [-0.15, -0.1) is 0 Å². The average molecular weight is 522 g/mol. The summed E-state index contributed by atoms with van der Waals surface area (Å²) in [7, 11) is 1.59. The number of piperazine rings is 1. The number of carbonyl (C=O) groups excluding carboxylic acids is 2. The SMILES string of the molecule is COc1ccc(N2C(=O)CC[C@H](C(=O)N3CCN(c4cccc(Cl)c4)CC3)[C@@H]2c2ccc(F)cc2)cc1. The molecule has 0 spiro atoms. The topological polar surface area (TPSA) is 53.1 Å². The van der Waals surface area contributed by atoms with E-state index in [-0.39, 0.29) is 24.1 Å². The lowest BCUT2D eigenvalue weighted by Gasteiger charge is -2.44. The van der Waals surface area contributed by atoms with Gasteiger partial charge in [-0.05, 0) is 66.6 Å². The first-order chi connectivity index (χ1) is 17.9. The molecule has 2 saturated heterocycles. The Kier molecular flexibility index (Phi) is 7.33. The fourth-order valence-electron chi connectivity index (χ4n) is 5.33. The molecule has 6 nitrogen and oxygen atoms in total. The number of halogens is 2. The van der Waals surface area contributed by atoms with E-state index in [4.69, 9.17) is 16.3 Å². The fourth-order valence-corrected chi connectivity index (χ4v) is 5.52. The van der Waals surface area contributed by atoms with Gasteiger partial charge >= 0.3 is 0 Å². The number of piperidine rings is 1. The van der Waals surface area contributed by atoms with E-state index in [1.807, 2.05) is 41.3 Å². The lowest BCUT2D eigenvalue weighted by atomic mass is 9.82. The van der Waals surface area contributed by atoms with Crippen LogP contribution in [-0.4, -0.2) is 50.0 Å². The van der Waals surface area contributed by atoms with Gasteiger partial charge in [0.2, 0.25) is 11.8 Å². The smallest absolute Gasteiger partial charge is 0.228 e. The van der Waals surface area contributed by atoms with Crippen molar-refractivity contribution in [1.29, 1.82) is 0 Å². The van der Waals surface area contributed by atoms with Crippen LogP contribution in [0.1, 0.15) is 24.4 Å². The normalized spacial score (nSPS) is 20.2. The molecule has 0 aliphatic carbocycles. The second-order valence-electron chi connectivity index (χ2n) is 9.40. The van der Waals surface area contributed by atoms with Crippen molar-refractivity contribution >= 4 is 34.8 Å². The first-order valence-electron chi connectivity index (χ1n) is 12.5. The zero-order valence-electron chi connectivity index (χ0n) is 20.6. The van der Waals surface area contributed by atoms with Gasteiger partial charge in [0.15, 0.2) is 0 Å². The van der Waals surface area contributed by atoms with Crippen molar-refractivity contribution in [3.05, 3.63) is 89.2 Å². The van der Waals surface area contributed by atoms with Crippen molar-refractivity contribution in [3.8, 4) is 5.75 Å². The first kappa shape index (κ1) is 25.1. The number of anilines is 2. The van der Waals surface area contributed by atoms with E-state index >= 15 is 0 Å². The van der Waals surface area contributed by atoms with Gasteiger partial charge in [-0.1, -0.05) is 29.8 Å². The number of methoxy groups -OCH3 is 1. The van der Waals surface area contributed by atoms with Gasteiger partial charge in [0.1, 0.15) is 11.6 Å². The fraction of sp³-hybridized carbons (Fsp3) is 0.310. The van der Waals surface area contributed by atoms with Gasteiger partial charge in [-0.25, -0.2) is 4.39 Å². The summed E-state index contributed by atoms with van der Waals surface area (Å²) in [5.41, 5.74) is 2.46. The molecule has 0 saturated carbocycles. The Morgan fingerprint density at radius 2 is 1.65 bits per heavy atom. The van der Waals surface area contributed by atoms with Crippen LogP contribution in [0.25, 0.3) is 0 Å². The molecule has 2 fully saturated rings. The summed E-state index contributed by atoms with van der Waals surface area (Å²) < 4.78 is 19.1. The number of rotatable bonds is 5. The molecule has 192 valence electrons. The molecule has 0 bridgehead atoms. The molecule has 37 heavy (non-hydrogen) atoms. The summed E-state index contributed by atoms with van der Waals surface area (Å²) >= 11 is 6.17. The first-order valence-corrected chi connectivity index (χ1v) is 12.8. The van der Waals surface area contributed by atoms with Gasteiger partial charge < -0.3 is 19.4 Å². The highest BCUT2D eigenvalue weighted by atomic mass is 35.5. The Bertz CT molecular complexity index is 1260. The predicted octanol–water partition coefficient (Wildman–Crippen LogP) is 5.32. The summed E-state index contributed by atoms with van der Waals surface area (Å²) in [4.78, 5) is 33.0. The highest BCUT2D eigenvalue weighted by Crippen LogP contribution is 2.41. The molecular weight excluding hydrogens is 493 g/mol. The molecule has 0 aromatic heterocycles. The van der Waals surface area contributed by atoms with Crippen molar-refractivity contribution in [2.24, 2.45) is 5.92 Å². The second-order valence-corrected chi connectivity index (χ2v) is 9.83. The standard InChI is InChI=1S/C29H29ClFN3O3/c1-37-25-11-9-23(10-12-25)34-27(35)14-13-26(28(34)20-5-7-22(31)8-6-20)29(36)33-17-15-32(16-18-33)24-4-2-3-21(30)19-24/h2-12,19,26,28H,13-18H2,1H3/t26-,28-/m0/s1. The molecule has 8 heteroatoms. The summed E-state index contributed by atoms with van der Waals surface area (Å²) in [5, 5.41) is 0.684. The van der Waals surface area contributed by atoms with Gasteiger partial charge in [0, 0.05) is 49.0 Å². The number of carbonyl (C=O) groups is 2. The molecule has 0 unspecified atom stereocenters. The van der Waals surface area contributed by atoms with Crippen LogP contribution in [0.3, 0.4) is 0 Å². The lowest BCUT2D eigenvalue weighted by Crippen LogP contribution is -2.54. The van der Waals surface area contributed by atoms with Gasteiger partial charge in [-0.3, -0.25) is 9.59 Å². The minimum absolute atomic E-state index is 0.0195. The number of hydrogen-bond donors (Lipinski definition) is 0. The minimum atomic E-state index is -0.534. The van der Waals surface area contributed by atoms with Crippen LogP contribution in [0, 0.1) is 11.7 Å². The lowest BCUT2D eigenvalue weighted by molar-refractivity contribution is -0.138. The number of nitrogens with zero attached hydrogens (tertiary/aromatic N) is 3. The monoisotopic (exact) mass is 521 g/mol. The van der Waals surface area contributed by atoms with Crippen LogP contribution in [0.15, 0.2) is 72.8 Å². The summed E-state index contributed by atoms with van der Waals surface area (Å²) in [5.74, 6) is -0.165. The zero-order valence-corrected chi connectivity index (χ0v) is 21.4. The Morgan fingerprint density at radius 3 is 2.30 bits per heavy atom. The highest BCUT2D eigenvalue weighted by Gasteiger charge is 2.43. The zero-order chi connectivity index (χ0) is 25.9. The van der Waals surface area contributed by atoms with Crippen LogP contribution in [-0.2, 0) is 9.59 Å². The summed E-state index contributed by atoms with van der Waals surface area (Å²) in [6.45, 7) is 2.55. The Hall–Kier alpha value is -3.58. The van der Waals surface area contributed by atoms with E-state index in [9.17, 15) is 14.0 Å². The van der Waals surface area contributed by atoms with Crippen LogP contribution in [0.5, 0.6) is 5.75 Å². The Labute approximate surface area is 221 Å². The molecule has 2 heterocycles. The van der Waals surface area contributed by atoms with E-state index < -0.39 is 12.0 Å². The Morgan fingerprint density at radius 1 is 0.946 bits per heavy atom. The molecule has 3 aromatic rings. The van der Waals surface area contributed by atoms with Crippen molar-refractivity contribution in [3.63, 3.8) is 0 Å². The molecule has 5 rings (SSSR count). The number of amides is 2. The van der Waals surface area contributed by atoms with E-state index in [0.717, 1.165) is 11.3 Å². The highest BCUT2D eigenvalue weighted by molar-refractivity contribution is 6.30. The number of ether oxygens (including phenoxy) is 1. The molecule has 2 atom stereocenters. The third kappa shape index (κ3) is 5.27. The average Bonchev–Trinajstić information content (AvgIpc) is 2.93. The van der Waals surface area contributed by atoms with E-state index in [0.29, 0.717) is 49.1 Å². The van der Waals surface area contributed by atoms with E-state index in [2.05, 4.69) is 4.90 Å². The third-order valence-electron chi connectivity index (χ3n) is 7.24. The summed E-state index contributed by atoms with van der Waals surface area (Å²) in [6, 6.07) is 20.5. The van der Waals surface area contributed by atoms with Gasteiger partial charge in [0.25, 0.3) is 0 Å². The molecular formula is C29H29ClFN3O3. The molecule has 0 N–H and O–H groups in total. The van der Waals surface area contributed by atoms with Crippen LogP contribution >= 0.6 is 11.6 Å². The van der Waals surface area contributed by atoms with Gasteiger partial charge in [0.05, 0.1) is 19.1 Å². The molecule has 3 aromatic carbocycles. The Balaban J connectivity index is 1.41. The van der Waals surface area contributed by atoms with Gasteiger partial charge in [-0.2, -0.15) is 0 Å². The molecule has 2 amide bonds. The molecule has 0 radical (unpaired) electrons. The van der Waals surface area contributed by atoms with Crippen molar-refractivity contribution < 1.29 is 18.7 Å². The van der Waals surface area contributed by atoms with E-state index in [1.165, 1.54) is 12.1 Å². The van der Waals surface area contributed by atoms with Crippen molar-refractivity contribution in [2.75, 3.05) is 43.1 Å². The van der Waals surface area contributed by atoms with Crippen LogP contribution in [0.4, 0.5) is 15.8 Å². The molecule has 2 aliphatic heterocycles. The third-order valence-corrected chi connectivity index (χ3v) is 7.48. The quantitative estimate of drug-likeness (QED) is 0.456. The van der Waals surface area contributed by atoms with E-state index in [1.54, 1.807) is 36.3 Å². The van der Waals surface area contributed by atoms with Crippen molar-refractivity contribution in [2.45, 2.75) is 18.9 Å². The minimum Gasteiger partial charge on any atom is -0.497 e. The maximum Gasteiger partial charge on any atom is 0.228 e. The maximum absolute atomic E-state index is 13.9.